The molecule has 2 aliphatic heterocycles. The lowest BCUT2D eigenvalue weighted by molar-refractivity contribution is 0.0423. The maximum absolute atomic E-state index is 12.9. The number of carbonyl (C=O) groups excluding carboxylic acids is 1. The molecular formula is C23H32N4O3. The maximum atomic E-state index is 12.9. The van der Waals surface area contributed by atoms with Gasteiger partial charge in [0.2, 0.25) is 5.89 Å². The highest BCUT2D eigenvalue weighted by Gasteiger charge is 2.29. The molecule has 0 N–H and O–H groups in total. The van der Waals surface area contributed by atoms with Crippen LogP contribution in [0.5, 0.6) is 0 Å². The van der Waals surface area contributed by atoms with Gasteiger partial charge in [0.05, 0.1) is 19.2 Å². The fraction of sp³-hybridized carbons (Fsp3) is 0.565. The van der Waals surface area contributed by atoms with Crippen molar-refractivity contribution in [1.82, 2.24) is 19.7 Å². The van der Waals surface area contributed by atoms with E-state index < -0.39 is 0 Å². The SMILES string of the molecule is COC[C@@H]1CCCCN1C(=O)c1coc(CN2CCN(Cc3ccccc3)CC2)n1. The molecule has 0 spiro atoms. The number of ether oxygens (including phenoxy) is 1. The van der Waals surface area contributed by atoms with Gasteiger partial charge >= 0.3 is 0 Å². The molecule has 3 heterocycles. The molecule has 2 aliphatic rings. The van der Waals surface area contributed by atoms with Crippen molar-refractivity contribution >= 4 is 5.91 Å². The highest BCUT2D eigenvalue weighted by Crippen LogP contribution is 2.20. The minimum atomic E-state index is -0.0422. The topological polar surface area (TPSA) is 62.1 Å². The van der Waals surface area contributed by atoms with Gasteiger partial charge in [0.25, 0.3) is 5.91 Å². The van der Waals surface area contributed by atoms with Gasteiger partial charge in [-0.1, -0.05) is 30.3 Å². The number of methoxy groups -OCH3 is 1. The molecule has 30 heavy (non-hydrogen) atoms. The van der Waals surface area contributed by atoms with Crippen molar-refractivity contribution in [3.8, 4) is 0 Å². The molecule has 0 saturated carbocycles. The molecule has 1 amide bonds. The Labute approximate surface area is 178 Å². The molecule has 2 saturated heterocycles. The Balaban J connectivity index is 1.28. The molecule has 162 valence electrons. The van der Waals surface area contributed by atoms with Gasteiger partial charge in [0.15, 0.2) is 5.69 Å². The molecular weight excluding hydrogens is 380 g/mol. The van der Waals surface area contributed by atoms with Gasteiger partial charge in [-0.25, -0.2) is 4.98 Å². The van der Waals surface area contributed by atoms with Crippen molar-refractivity contribution in [2.24, 2.45) is 0 Å². The fourth-order valence-corrected chi connectivity index (χ4v) is 4.40. The van der Waals surface area contributed by atoms with E-state index in [9.17, 15) is 4.79 Å². The maximum Gasteiger partial charge on any atom is 0.276 e. The van der Waals surface area contributed by atoms with Crippen molar-refractivity contribution in [3.05, 3.63) is 53.7 Å². The highest BCUT2D eigenvalue weighted by molar-refractivity contribution is 5.92. The van der Waals surface area contributed by atoms with Crippen LogP contribution in [0.1, 0.15) is 41.2 Å². The number of nitrogens with zero attached hydrogens (tertiary/aromatic N) is 4. The van der Waals surface area contributed by atoms with Crippen LogP contribution in [0.15, 0.2) is 41.0 Å². The molecule has 1 aromatic heterocycles. The number of aromatic nitrogens is 1. The number of carbonyl (C=O) groups is 1. The van der Waals surface area contributed by atoms with E-state index in [1.807, 2.05) is 4.90 Å². The van der Waals surface area contributed by atoms with Crippen LogP contribution in [0.2, 0.25) is 0 Å². The zero-order valence-corrected chi connectivity index (χ0v) is 17.8. The van der Waals surface area contributed by atoms with Gasteiger partial charge in [-0.05, 0) is 24.8 Å². The van der Waals surface area contributed by atoms with Crippen LogP contribution in [0.3, 0.4) is 0 Å². The van der Waals surface area contributed by atoms with Crippen molar-refractivity contribution in [2.45, 2.75) is 38.4 Å². The number of amides is 1. The molecule has 7 nitrogen and oxygen atoms in total. The number of benzene rings is 1. The second-order valence-corrected chi connectivity index (χ2v) is 8.27. The molecule has 2 fully saturated rings. The Hall–Kier alpha value is -2.22. The first-order valence-corrected chi connectivity index (χ1v) is 11.0. The second kappa shape index (κ2) is 10.2. The van der Waals surface area contributed by atoms with E-state index in [0.717, 1.165) is 58.5 Å². The molecule has 7 heteroatoms. The van der Waals surface area contributed by atoms with E-state index in [1.165, 1.54) is 11.8 Å². The van der Waals surface area contributed by atoms with Crippen LogP contribution in [-0.4, -0.2) is 78.1 Å². The van der Waals surface area contributed by atoms with Crippen molar-refractivity contribution < 1.29 is 13.9 Å². The van der Waals surface area contributed by atoms with Crippen LogP contribution in [-0.2, 0) is 17.8 Å². The number of likely N-dealkylation sites (tertiary alicyclic amines) is 1. The number of hydrogen-bond donors (Lipinski definition) is 0. The number of hydrogen-bond acceptors (Lipinski definition) is 6. The molecule has 0 aliphatic carbocycles. The summed E-state index contributed by atoms with van der Waals surface area (Å²) in [6, 6.07) is 10.7. The Kier molecular flexibility index (Phi) is 7.15. The zero-order chi connectivity index (χ0) is 20.8. The van der Waals surface area contributed by atoms with E-state index in [1.54, 1.807) is 7.11 Å². The number of rotatable bonds is 7. The number of oxazole rings is 1. The van der Waals surface area contributed by atoms with E-state index in [4.69, 9.17) is 9.15 Å². The summed E-state index contributed by atoms with van der Waals surface area (Å²) in [5, 5.41) is 0. The Bertz CT molecular complexity index is 800. The summed E-state index contributed by atoms with van der Waals surface area (Å²) in [5.74, 6) is 0.578. The van der Waals surface area contributed by atoms with E-state index >= 15 is 0 Å². The molecule has 0 radical (unpaired) electrons. The van der Waals surface area contributed by atoms with Gasteiger partial charge in [-0.3, -0.25) is 14.6 Å². The molecule has 2 aromatic rings. The van der Waals surface area contributed by atoms with Gasteiger partial charge in [-0.15, -0.1) is 0 Å². The lowest BCUT2D eigenvalue weighted by Crippen LogP contribution is -2.46. The molecule has 0 unspecified atom stereocenters. The summed E-state index contributed by atoms with van der Waals surface area (Å²) in [7, 11) is 1.69. The van der Waals surface area contributed by atoms with Crippen LogP contribution in [0, 0.1) is 0 Å². The summed E-state index contributed by atoms with van der Waals surface area (Å²) in [4.78, 5) is 24.2. The predicted molar refractivity (Wildman–Crippen MR) is 114 cm³/mol. The van der Waals surface area contributed by atoms with Crippen LogP contribution in [0.25, 0.3) is 0 Å². The quantitative estimate of drug-likeness (QED) is 0.697. The lowest BCUT2D eigenvalue weighted by atomic mass is 10.0. The molecule has 0 bridgehead atoms. The first-order chi connectivity index (χ1) is 14.7. The van der Waals surface area contributed by atoms with Crippen molar-refractivity contribution in [2.75, 3.05) is 46.4 Å². The smallest absolute Gasteiger partial charge is 0.276 e. The normalized spacial score (nSPS) is 21.1. The minimum absolute atomic E-state index is 0.0422. The average molecular weight is 413 g/mol. The average Bonchev–Trinajstić information content (AvgIpc) is 3.24. The first-order valence-electron chi connectivity index (χ1n) is 11.0. The first kappa shape index (κ1) is 21.0. The Morgan fingerprint density at radius 3 is 2.53 bits per heavy atom. The van der Waals surface area contributed by atoms with Crippen molar-refractivity contribution in [3.63, 3.8) is 0 Å². The Morgan fingerprint density at radius 2 is 1.80 bits per heavy atom. The fourth-order valence-electron chi connectivity index (χ4n) is 4.40. The summed E-state index contributed by atoms with van der Waals surface area (Å²) in [5.41, 5.74) is 1.77. The monoisotopic (exact) mass is 412 g/mol. The lowest BCUT2D eigenvalue weighted by Gasteiger charge is -2.34. The summed E-state index contributed by atoms with van der Waals surface area (Å²) < 4.78 is 11.0. The predicted octanol–water partition coefficient (Wildman–Crippen LogP) is 2.63. The van der Waals surface area contributed by atoms with Crippen LogP contribution < -0.4 is 0 Å². The van der Waals surface area contributed by atoms with E-state index in [-0.39, 0.29) is 11.9 Å². The van der Waals surface area contributed by atoms with Gasteiger partial charge in [0.1, 0.15) is 6.26 Å². The summed E-state index contributed by atoms with van der Waals surface area (Å²) >= 11 is 0. The van der Waals surface area contributed by atoms with Gasteiger partial charge in [0, 0.05) is 46.4 Å². The van der Waals surface area contributed by atoms with Crippen LogP contribution in [0.4, 0.5) is 0 Å². The third-order valence-corrected chi connectivity index (χ3v) is 6.09. The van der Waals surface area contributed by atoms with E-state index in [0.29, 0.717) is 24.7 Å². The summed E-state index contributed by atoms with van der Waals surface area (Å²) in [6.45, 7) is 6.96. The largest absolute Gasteiger partial charge is 0.447 e. The number of piperidine rings is 1. The third-order valence-electron chi connectivity index (χ3n) is 6.09. The van der Waals surface area contributed by atoms with Crippen molar-refractivity contribution in [1.29, 1.82) is 0 Å². The second-order valence-electron chi connectivity index (χ2n) is 8.27. The number of piperazine rings is 1. The van der Waals surface area contributed by atoms with Crippen LogP contribution >= 0.6 is 0 Å². The highest BCUT2D eigenvalue weighted by atomic mass is 16.5. The molecule has 1 atom stereocenters. The third kappa shape index (κ3) is 5.28. The van der Waals surface area contributed by atoms with Gasteiger partial charge < -0.3 is 14.1 Å². The van der Waals surface area contributed by atoms with E-state index in [2.05, 4.69) is 45.1 Å². The molecule has 4 rings (SSSR count). The van der Waals surface area contributed by atoms with Gasteiger partial charge in [-0.2, -0.15) is 0 Å². The molecule has 1 aromatic carbocycles. The minimum Gasteiger partial charge on any atom is -0.447 e. The summed E-state index contributed by atoms with van der Waals surface area (Å²) in [6.07, 6.45) is 4.67. The zero-order valence-electron chi connectivity index (χ0n) is 17.8. The Morgan fingerprint density at radius 1 is 1.07 bits per heavy atom. The standard InChI is InChI=1S/C23H32N4O3/c1-29-17-20-9-5-6-10-27(20)23(28)21-18-30-22(24-21)16-26-13-11-25(12-14-26)15-19-7-3-2-4-8-19/h2-4,7-8,18,20H,5-6,9-17H2,1H3/t20-/m0/s1.